The van der Waals surface area contributed by atoms with E-state index in [1.165, 1.54) is 0 Å². The summed E-state index contributed by atoms with van der Waals surface area (Å²) in [7, 11) is 0. The molecule has 15 heavy (non-hydrogen) atoms. The lowest BCUT2D eigenvalue weighted by Gasteiger charge is -2.36. The van der Waals surface area contributed by atoms with Gasteiger partial charge in [-0.3, -0.25) is 0 Å². The van der Waals surface area contributed by atoms with Gasteiger partial charge < -0.3 is 10.1 Å². The minimum atomic E-state index is -0.0533. The Morgan fingerprint density at radius 3 is 2.60 bits per heavy atom. The molecule has 0 aliphatic carbocycles. The summed E-state index contributed by atoms with van der Waals surface area (Å²) in [5.74, 6) is 0.881. The summed E-state index contributed by atoms with van der Waals surface area (Å²) in [6.45, 7) is 6.37. The minimum absolute atomic E-state index is 0.0115. The van der Waals surface area contributed by atoms with E-state index in [9.17, 15) is 0 Å². The number of hydrogen-bond donors (Lipinski definition) is 1. The Morgan fingerprint density at radius 2 is 1.93 bits per heavy atom. The maximum absolute atomic E-state index is 5.90. The van der Waals surface area contributed by atoms with Crippen LogP contribution in [0.5, 0.6) is 5.75 Å². The maximum atomic E-state index is 5.90. The van der Waals surface area contributed by atoms with Crippen molar-refractivity contribution in [2.45, 2.75) is 26.9 Å². The molecule has 0 amide bonds. The molecule has 0 aromatic heterocycles. The fourth-order valence-corrected chi connectivity index (χ4v) is 2.13. The Morgan fingerprint density at radius 1 is 1.27 bits per heavy atom. The Labute approximate surface area is 95.6 Å². The molecular weight excluding hydrogens is 206 g/mol. The molecule has 0 saturated heterocycles. The van der Waals surface area contributed by atoms with Gasteiger partial charge in [-0.05, 0) is 12.1 Å². The Balaban J connectivity index is 2.34. The first-order chi connectivity index (χ1) is 6.98. The third-order valence-corrected chi connectivity index (χ3v) is 2.73. The average molecular weight is 221 g/mol. The summed E-state index contributed by atoms with van der Waals surface area (Å²) < 4.78 is 5.90. The van der Waals surface area contributed by atoms with Gasteiger partial charge in [-0.15, -0.1) is 0 Å². The number of nitrogens with one attached hydrogen (secondary N) is 1. The lowest BCUT2D eigenvalue weighted by Crippen LogP contribution is -2.44. The van der Waals surface area contributed by atoms with Gasteiger partial charge in [0.1, 0.15) is 10.7 Å². The summed E-state index contributed by atoms with van der Waals surface area (Å²) in [5.41, 5.74) is 0.973. The zero-order valence-electron chi connectivity index (χ0n) is 9.20. The van der Waals surface area contributed by atoms with Gasteiger partial charge in [0.05, 0.1) is 5.69 Å². The van der Waals surface area contributed by atoms with Gasteiger partial charge in [-0.1, -0.05) is 45.1 Å². The van der Waals surface area contributed by atoms with E-state index < -0.39 is 0 Å². The van der Waals surface area contributed by atoms with Crippen molar-refractivity contribution in [1.29, 1.82) is 0 Å². The molecule has 1 aliphatic heterocycles. The summed E-state index contributed by atoms with van der Waals surface area (Å²) >= 11 is 5.32. The maximum Gasteiger partial charge on any atom is 0.154 e. The Hall–Kier alpha value is -1.09. The van der Waals surface area contributed by atoms with E-state index in [4.69, 9.17) is 17.0 Å². The van der Waals surface area contributed by atoms with Crippen LogP contribution in [-0.2, 0) is 0 Å². The number of fused-ring (bicyclic) bond motifs is 1. The molecule has 2 nitrogen and oxygen atoms in total. The quantitative estimate of drug-likeness (QED) is 0.680. The molecule has 0 saturated carbocycles. The largest absolute Gasteiger partial charge is 0.481 e. The fraction of sp³-hybridized carbons (Fsp3) is 0.417. The second-order valence-corrected chi connectivity index (χ2v) is 5.29. The first-order valence-electron chi connectivity index (χ1n) is 5.05. The highest BCUT2D eigenvalue weighted by atomic mass is 32.1. The molecule has 0 radical (unpaired) electrons. The number of para-hydroxylation sites is 2. The van der Waals surface area contributed by atoms with Crippen LogP contribution in [0.2, 0.25) is 0 Å². The topological polar surface area (TPSA) is 21.3 Å². The predicted octanol–water partition coefficient (Wildman–Crippen LogP) is 3.23. The summed E-state index contributed by atoms with van der Waals surface area (Å²) in [4.78, 5) is 0.765. The van der Waals surface area contributed by atoms with E-state index in [1.807, 2.05) is 24.3 Å². The van der Waals surface area contributed by atoms with Crippen LogP contribution < -0.4 is 10.1 Å². The SMILES string of the molecule is CC(C)(C)C1Oc2ccccc2NC1=S. The Bertz CT molecular complexity index is 395. The van der Waals surface area contributed by atoms with Gasteiger partial charge in [-0.2, -0.15) is 0 Å². The number of rotatable bonds is 0. The molecule has 3 heteroatoms. The third-order valence-electron chi connectivity index (χ3n) is 2.41. The van der Waals surface area contributed by atoms with Crippen molar-refractivity contribution in [2.24, 2.45) is 5.41 Å². The van der Waals surface area contributed by atoms with Gasteiger partial charge in [0.2, 0.25) is 0 Å². The van der Waals surface area contributed by atoms with Crippen molar-refractivity contribution in [1.82, 2.24) is 0 Å². The van der Waals surface area contributed by atoms with Gasteiger partial charge in [0.15, 0.2) is 6.10 Å². The number of hydrogen-bond acceptors (Lipinski definition) is 2. The molecule has 0 bridgehead atoms. The van der Waals surface area contributed by atoms with Crippen molar-refractivity contribution < 1.29 is 4.74 Å². The Kier molecular flexibility index (Phi) is 2.43. The second kappa shape index (κ2) is 3.49. The number of benzene rings is 1. The number of anilines is 1. The second-order valence-electron chi connectivity index (χ2n) is 4.85. The summed E-state index contributed by atoms with van der Waals surface area (Å²) in [6.07, 6.45) is -0.0533. The van der Waals surface area contributed by atoms with E-state index in [-0.39, 0.29) is 11.5 Å². The van der Waals surface area contributed by atoms with Crippen LogP contribution in [0.15, 0.2) is 24.3 Å². The van der Waals surface area contributed by atoms with E-state index in [0.717, 1.165) is 16.4 Å². The van der Waals surface area contributed by atoms with E-state index in [0.29, 0.717) is 0 Å². The third kappa shape index (κ3) is 1.97. The van der Waals surface area contributed by atoms with Crippen molar-refractivity contribution in [3.8, 4) is 5.75 Å². The fourth-order valence-electron chi connectivity index (χ4n) is 1.62. The molecule has 1 aromatic rings. The number of thiocarbonyl (C=S) groups is 1. The van der Waals surface area contributed by atoms with E-state index >= 15 is 0 Å². The highest BCUT2D eigenvalue weighted by Gasteiger charge is 2.34. The normalized spacial score (nSPS) is 20.2. The predicted molar refractivity (Wildman–Crippen MR) is 66.5 cm³/mol. The molecule has 1 aliphatic rings. The molecule has 0 spiro atoms. The molecule has 80 valence electrons. The first kappa shape index (κ1) is 10.4. The van der Waals surface area contributed by atoms with Gasteiger partial charge in [0, 0.05) is 5.41 Å². The smallest absolute Gasteiger partial charge is 0.154 e. The lowest BCUT2D eigenvalue weighted by molar-refractivity contribution is 0.144. The van der Waals surface area contributed by atoms with Gasteiger partial charge >= 0.3 is 0 Å². The lowest BCUT2D eigenvalue weighted by atomic mass is 9.88. The van der Waals surface area contributed by atoms with Crippen molar-refractivity contribution >= 4 is 22.9 Å². The van der Waals surface area contributed by atoms with Crippen molar-refractivity contribution in [3.63, 3.8) is 0 Å². The van der Waals surface area contributed by atoms with Gasteiger partial charge in [0.25, 0.3) is 0 Å². The number of ether oxygens (including phenoxy) is 1. The van der Waals surface area contributed by atoms with Crippen LogP contribution in [0, 0.1) is 5.41 Å². The standard InChI is InChI=1S/C12H15NOS/c1-12(2,3)10-11(15)13-8-6-4-5-7-9(8)14-10/h4-7,10H,1-3H3,(H,13,15). The van der Waals surface area contributed by atoms with Crippen LogP contribution in [0.25, 0.3) is 0 Å². The summed E-state index contributed by atoms with van der Waals surface area (Å²) in [5, 5.41) is 3.22. The van der Waals surface area contributed by atoms with Crippen LogP contribution in [0.4, 0.5) is 5.69 Å². The summed E-state index contributed by atoms with van der Waals surface area (Å²) in [6, 6.07) is 7.87. The molecular formula is C12H15NOS. The zero-order chi connectivity index (χ0) is 11.1. The molecule has 1 aromatic carbocycles. The van der Waals surface area contributed by atoms with Crippen LogP contribution >= 0.6 is 12.2 Å². The van der Waals surface area contributed by atoms with Crippen LogP contribution in [0.3, 0.4) is 0 Å². The highest BCUT2D eigenvalue weighted by Crippen LogP contribution is 2.35. The zero-order valence-corrected chi connectivity index (χ0v) is 10.0. The molecule has 0 fully saturated rings. The van der Waals surface area contributed by atoms with E-state index in [1.54, 1.807) is 0 Å². The molecule has 1 atom stereocenters. The van der Waals surface area contributed by atoms with Crippen LogP contribution in [0.1, 0.15) is 20.8 Å². The van der Waals surface area contributed by atoms with Crippen molar-refractivity contribution in [2.75, 3.05) is 5.32 Å². The minimum Gasteiger partial charge on any atom is -0.481 e. The van der Waals surface area contributed by atoms with Crippen LogP contribution in [-0.4, -0.2) is 11.1 Å². The molecule has 1 heterocycles. The molecule has 2 rings (SSSR count). The van der Waals surface area contributed by atoms with Gasteiger partial charge in [-0.25, -0.2) is 0 Å². The highest BCUT2D eigenvalue weighted by molar-refractivity contribution is 7.80. The first-order valence-corrected chi connectivity index (χ1v) is 5.46. The molecule has 1 N–H and O–H groups in total. The monoisotopic (exact) mass is 221 g/mol. The van der Waals surface area contributed by atoms with Crippen molar-refractivity contribution in [3.05, 3.63) is 24.3 Å². The van der Waals surface area contributed by atoms with E-state index in [2.05, 4.69) is 26.1 Å². The average Bonchev–Trinajstić information content (AvgIpc) is 2.15. The molecule has 1 unspecified atom stereocenters.